The third kappa shape index (κ3) is 3.05. The van der Waals surface area contributed by atoms with Gasteiger partial charge in [-0.2, -0.15) is 4.98 Å². The summed E-state index contributed by atoms with van der Waals surface area (Å²) in [5.41, 5.74) is 5.75. The predicted molar refractivity (Wildman–Crippen MR) is 78.4 cm³/mol. The van der Waals surface area contributed by atoms with Gasteiger partial charge in [0.15, 0.2) is 5.82 Å². The van der Waals surface area contributed by atoms with E-state index in [1.165, 1.54) is 38.5 Å². The molecule has 0 spiro atoms. The number of rotatable bonds is 3. The van der Waals surface area contributed by atoms with Crippen molar-refractivity contribution in [3.8, 4) is 0 Å². The first-order valence-corrected chi connectivity index (χ1v) is 8.29. The largest absolute Gasteiger partial charge is 0.339 e. The van der Waals surface area contributed by atoms with Gasteiger partial charge in [0.1, 0.15) is 0 Å². The summed E-state index contributed by atoms with van der Waals surface area (Å²) in [5.74, 6) is 4.35. The van der Waals surface area contributed by atoms with Gasteiger partial charge < -0.3 is 10.3 Å². The normalized spacial score (nSPS) is 35.1. The van der Waals surface area contributed by atoms with Crippen molar-refractivity contribution in [3.05, 3.63) is 11.7 Å². The lowest BCUT2D eigenvalue weighted by Gasteiger charge is -2.25. The molecule has 0 radical (unpaired) electrons. The minimum Gasteiger partial charge on any atom is -0.339 e. The molecule has 0 bridgehead atoms. The minimum atomic E-state index is 0.472. The topological polar surface area (TPSA) is 64.9 Å². The van der Waals surface area contributed by atoms with Crippen LogP contribution in [0.3, 0.4) is 0 Å². The number of aromatic nitrogens is 2. The van der Waals surface area contributed by atoms with Crippen LogP contribution in [-0.4, -0.2) is 16.7 Å². The van der Waals surface area contributed by atoms with Gasteiger partial charge in [-0.3, -0.25) is 0 Å². The van der Waals surface area contributed by atoms with Crippen molar-refractivity contribution in [2.75, 3.05) is 6.54 Å². The smallest absolute Gasteiger partial charge is 0.229 e. The highest BCUT2D eigenvalue weighted by Crippen LogP contribution is 2.37. The molecule has 2 saturated carbocycles. The highest BCUT2D eigenvalue weighted by molar-refractivity contribution is 5.02. The van der Waals surface area contributed by atoms with E-state index in [4.69, 9.17) is 15.2 Å². The maximum Gasteiger partial charge on any atom is 0.229 e. The van der Waals surface area contributed by atoms with Gasteiger partial charge in [-0.25, -0.2) is 0 Å². The molecule has 0 amide bonds. The molecule has 3 rings (SSSR count). The minimum absolute atomic E-state index is 0.472. The van der Waals surface area contributed by atoms with E-state index in [1.54, 1.807) is 0 Å². The van der Waals surface area contributed by atoms with E-state index in [0.29, 0.717) is 17.8 Å². The molecule has 4 heteroatoms. The molecule has 0 saturated heterocycles. The second-order valence-electron chi connectivity index (χ2n) is 6.91. The maximum absolute atomic E-state index is 5.75. The fourth-order valence-corrected chi connectivity index (χ4v) is 3.89. The SMILES string of the molecule is CC1CCCC(c2noc(C3CCC(CN)CC3)n2)C1. The average Bonchev–Trinajstić information content (AvgIpc) is 2.97. The second-order valence-corrected chi connectivity index (χ2v) is 6.91. The van der Waals surface area contributed by atoms with E-state index >= 15 is 0 Å². The fourth-order valence-electron chi connectivity index (χ4n) is 3.89. The Bertz CT molecular complexity index is 423. The zero-order chi connectivity index (χ0) is 13.9. The molecule has 0 aliphatic heterocycles. The predicted octanol–water partition coefficient (Wildman–Crippen LogP) is 3.60. The first kappa shape index (κ1) is 14.1. The summed E-state index contributed by atoms with van der Waals surface area (Å²) in [7, 11) is 0. The molecular formula is C16H27N3O. The van der Waals surface area contributed by atoms with Crippen LogP contribution in [0.4, 0.5) is 0 Å². The van der Waals surface area contributed by atoms with Crippen LogP contribution in [-0.2, 0) is 0 Å². The molecule has 2 atom stereocenters. The Morgan fingerprint density at radius 2 is 1.90 bits per heavy atom. The fraction of sp³-hybridized carbons (Fsp3) is 0.875. The summed E-state index contributed by atoms with van der Waals surface area (Å²) in [4.78, 5) is 4.73. The van der Waals surface area contributed by atoms with Crippen molar-refractivity contribution < 1.29 is 4.52 Å². The molecular weight excluding hydrogens is 250 g/mol. The summed E-state index contributed by atoms with van der Waals surface area (Å²) in [5, 5.41) is 4.28. The Kier molecular flexibility index (Phi) is 4.39. The molecule has 1 aromatic rings. The molecule has 2 aliphatic rings. The standard InChI is InChI=1S/C16H27N3O/c1-11-3-2-4-14(9-11)15-18-16(20-19-15)13-7-5-12(10-17)6-8-13/h11-14H,2-10,17H2,1H3. The molecule has 1 aromatic heterocycles. The van der Waals surface area contributed by atoms with Gasteiger partial charge in [-0.15, -0.1) is 0 Å². The van der Waals surface area contributed by atoms with Crippen LogP contribution < -0.4 is 5.73 Å². The van der Waals surface area contributed by atoms with Crippen molar-refractivity contribution >= 4 is 0 Å². The van der Waals surface area contributed by atoms with Gasteiger partial charge >= 0.3 is 0 Å². The Morgan fingerprint density at radius 1 is 1.10 bits per heavy atom. The first-order valence-electron chi connectivity index (χ1n) is 8.29. The summed E-state index contributed by atoms with van der Waals surface area (Å²) in [6.07, 6.45) is 9.83. The number of nitrogens with zero attached hydrogens (tertiary/aromatic N) is 2. The average molecular weight is 277 g/mol. The van der Waals surface area contributed by atoms with Crippen molar-refractivity contribution in [2.45, 2.75) is 70.1 Å². The zero-order valence-electron chi connectivity index (χ0n) is 12.6. The molecule has 2 unspecified atom stereocenters. The van der Waals surface area contributed by atoms with Crippen LogP contribution in [0.2, 0.25) is 0 Å². The zero-order valence-corrected chi connectivity index (χ0v) is 12.6. The first-order chi connectivity index (χ1) is 9.76. The third-order valence-corrected chi connectivity index (χ3v) is 5.29. The van der Waals surface area contributed by atoms with Crippen LogP contribution in [0.25, 0.3) is 0 Å². The van der Waals surface area contributed by atoms with Gasteiger partial charge in [0.25, 0.3) is 0 Å². The lowest BCUT2D eigenvalue weighted by atomic mass is 9.81. The van der Waals surface area contributed by atoms with Gasteiger partial charge in [0.05, 0.1) is 0 Å². The van der Waals surface area contributed by atoms with Crippen LogP contribution in [0.5, 0.6) is 0 Å². The van der Waals surface area contributed by atoms with E-state index in [-0.39, 0.29) is 0 Å². The van der Waals surface area contributed by atoms with Gasteiger partial charge in [0, 0.05) is 11.8 Å². The van der Waals surface area contributed by atoms with Crippen LogP contribution in [0, 0.1) is 11.8 Å². The Labute approximate surface area is 121 Å². The molecule has 0 aromatic carbocycles. The molecule has 1 heterocycles. The molecule has 2 aliphatic carbocycles. The summed E-state index contributed by atoms with van der Waals surface area (Å²) in [6.45, 7) is 3.16. The molecule has 112 valence electrons. The van der Waals surface area contributed by atoms with Crippen LogP contribution in [0.15, 0.2) is 4.52 Å². The van der Waals surface area contributed by atoms with E-state index in [0.717, 1.165) is 37.0 Å². The van der Waals surface area contributed by atoms with E-state index in [2.05, 4.69) is 12.1 Å². The van der Waals surface area contributed by atoms with Crippen molar-refractivity contribution in [1.29, 1.82) is 0 Å². The van der Waals surface area contributed by atoms with Crippen molar-refractivity contribution in [3.63, 3.8) is 0 Å². The lowest BCUT2D eigenvalue weighted by Crippen LogP contribution is -2.20. The van der Waals surface area contributed by atoms with Crippen LogP contribution >= 0.6 is 0 Å². The highest BCUT2D eigenvalue weighted by atomic mass is 16.5. The van der Waals surface area contributed by atoms with Crippen molar-refractivity contribution in [1.82, 2.24) is 10.1 Å². The summed E-state index contributed by atoms with van der Waals surface area (Å²) < 4.78 is 5.57. The van der Waals surface area contributed by atoms with Gasteiger partial charge in [-0.1, -0.05) is 24.9 Å². The van der Waals surface area contributed by atoms with E-state index < -0.39 is 0 Å². The number of nitrogens with two attached hydrogens (primary N) is 1. The van der Waals surface area contributed by atoms with Gasteiger partial charge in [-0.05, 0) is 56.9 Å². The highest BCUT2D eigenvalue weighted by Gasteiger charge is 2.29. The van der Waals surface area contributed by atoms with Crippen molar-refractivity contribution in [2.24, 2.45) is 17.6 Å². The quantitative estimate of drug-likeness (QED) is 0.916. The summed E-state index contributed by atoms with van der Waals surface area (Å²) >= 11 is 0. The molecule has 2 fully saturated rings. The molecule has 4 nitrogen and oxygen atoms in total. The molecule has 20 heavy (non-hydrogen) atoms. The monoisotopic (exact) mass is 277 g/mol. The number of hydrogen-bond acceptors (Lipinski definition) is 4. The van der Waals surface area contributed by atoms with Crippen LogP contribution in [0.1, 0.15) is 81.8 Å². The summed E-state index contributed by atoms with van der Waals surface area (Å²) in [6, 6.07) is 0. The van der Waals surface area contributed by atoms with E-state index in [9.17, 15) is 0 Å². The Balaban J connectivity index is 1.62. The van der Waals surface area contributed by atoms with E-state index in [1.807, 2.05) is 0 Å². The molecule has 2 N–H and O–H groups in total. The second kappa shape index (κ2) is 6.25. The third-order valence-electron chi connectivity index (χ3n) is 5.29. The Morgan fingerprint density at radius 3 is 2.60 bits per heavy atom. The Hall–Kier alpha value is -0.900. The lowest BCUT2D eigenvalue weighted by molar-refractivity contribution is 0.271. The van der Waals surface area contributed by atoms with Gasteiger partial charge in [0.2, 0.25) is 5.89 Å². The number of hydrogen-bond donors (Lipinski definition) is 1. The maximum atomic E-state index is 5.75.